The Hall–Kier alpha value is -2.02. The van der Waals surface area contributed by atoms with Crippen LogP contribution in [0.3, 0.4) is 0 Å². The number of carbonyl (C=O) groups excluding carboxylic acids is 2. The molecule has 20 heavy (non-hydrogen) atoms. The topological polar surface area (TPSA) is 76.9 Å². The van der Waals surface area contributed by atoms with Gasteiger partial charge in [0.05, 0.1) is 17.5 Å². The van der Waals surface area contributed by atoms with E-state index in [0.717, 1.165) is 5.56 Å². The molecule has 2 aromatic heterocycles. The average Bonchev–Trinajstić information content (AvgIpc) is 2.98. The molecule has 0 aliphatic heterocycles. The summed E-state index contributed by atoms with van der Waals surface area (Å²) in [5.41, 5.74) is 0.828. The molecule has 7 heteroatoms. The second-order valence-electron chi connectivity index (χ2n) is 4.78. The minimum Gasteiger partial charge on any atom is -0.308 e. The first kappa shape index (κ1) is 14.4. The first-order valence-electron chi connectivity index (χ1n) is 6.25. The van der Waals surface area contributed by atoms with E-state index in [1.165, 1.54) is 18.3 Å². The van der Waals surface area contributed by atoms with Crippen molar-refractivity contribution in [3.63, 3.8) is 0 Å². The summed E-state index contributed by atoms with van der Waals surface area (Å²) in [6, 6.07) is 1.94. The van der Waals surface area contributed by atoms with Crippen molar-refractivity contribution in [1.29, 1.82) is 0 Å². The van der Waals surface area contributed by atoms with Crippen molar-refractivity contribution in [2.75, 3.05) is 5.32 Å². The van der Waals surface area contributed by atoms with Gasteiger partial charge in [0.25, 0.3) is 0 Å². The van der Waals surface area contributed by atoms with Crippen LogP contribution in [-0.2, 0) is 11.2 Å². The Morgan fingerprint density at radius 2 is 2.20 bits per heavy atom. The molecule has 2 heterocycles. The lowest BCUT2D eigenvalue weighted by molar-refractivity contribution is -0.115. The first-order valence-corrected chi connectivity index (χ1v) is 7.13. The zero-order valence-electron chi connectivity index (χ0n) is 11.6. The maximum absolute atomic E-state index is 11.9. The fourth-order valence-electron chi connectivity index (χ4n) is 1.61. The fraction of sp³-hybridized carbons (Fsp3) is 0.385. The van der Waals surface area contributed by atoms with Gasteiger partial charge in [0.2, 0.25) is 5.91 Å². The van der Waals surface area contributed by atoms with Gasteiger partial charge in [-0.3, -0.25) is 9.59 Å². The van der Waals surface area contributed by atoms with E-state index in [-0.39, 0.29) is 24.2 Å². The minimum atomic E-state index is -0.172. The second kappa shape index (κ2) is 5.96. The van der Waals surface area contributed by atoms with Gasteiger partial charge in [-0.15, -0.1) is 16.4 Å². The third kappa shape index (κ3) is 3.51. The molecule has 0 unspecified atom stereocenters. The van der Waals surface area contributed by atoms with Crippen molar-refractivity contribution >= 4 is 28.8 Å². The molecule has 0 aliphatic carbocycles. The highest BCUT2D eigenvalue weighted by molar-refractivity contribution is 7.12. The number of rotatable bonds is 5. The number of thiophene rings is 1. The molecule has 0 radical (unpaired) electrons. The van der Waals surface area contributed by atoms with Gasteiger partial charge in [-0.25, -0.2) is 4.68 Å². The molecule has 0 bridgehead atoms. The number of carbonyl (C=O) groups is 2. The van der Waals surface area contributed by atoms with E-state index in [1.54, 1.807) is 16.9 Å². The number of anilines is 1. The Balaban J connectivity index is 1.95. The highest BCUT2D eigenvalue weighted by Crippen LogP contribution is 2.16. The number of ketones is 1. The van der Waals surface area contributed by atoms with Crippen molar-refractivity contribution in [3.05, 3.63) is 28.1 Å². The SMILES string of the molecule is CC(=O)c1cc(CC(=O)Nc2cn(C(C)C)nn2)cs1. The van der Waals surface area contributed by atoms with Crippen LogP contribution in [0.1, 0.15) is 42.0 Å². The van der Waals surface area contributed by atoms with E-state index in [4.69, 9.17) is 0 Å². The Bertz CT molecular complexity index is 630. The Kier molecular flexibility index (Phi) is 4.29. The van der Waals surface area contributed by atoms with Crippen LogP contribution < -0.4 is 5.32 Å². The van der Waals surface area contributed by atoms with Crippen molar-refractivity contribution in [1.82, 2.24) is 15.0 Å². The number of Topliss-reactive ketones (excluding diaryl/α,β-unsaturated/α-hetero) is 1. The van der Waals surface area contributed by atoms with Gasteiger partial charge >= 0.3 is 0 Å². The van der Waals surface area contributed by atoms with Gasteiger partial charge in [0.15, 0.2) is 11.6 Å². The predicted octanol–water partition coefficient (Wildman–Crippen LogP) is 2.30. The van der Waals surface area contributed by atoms with Gasteiger partial charge in [-0.1, -0.05) is 5.21 Å². The molecule has 0 aromatic carbocycles. The maximum Gasteiger partial charge on any atom is 0.230 e. The van der Waals surface area contributed by atoms with Crippen LogP contribution in [0.25, 0.3) is 0 Å². The summed E-state index contributed by atoms with van der Waals surface area (Å²) < 4.78 is 1.67. The molecule has 0 aliphatic rings. The number of hydrogen-bond acceptors (Lipinski definition) is 5. The molecule has 0 fully saturated rings. The lowest BCUT2D eigenvalue weighted by Gasteiger charge is -2.01. The zero-order valence-corrected chi connectivity index (χ0v) is 12.4. The first-order chi connectivity index (χ1) is 9.45. The molecule has 0 spiro atoms. The molecule has 0 saturated carbocycles. The highest BCUT2D eigenvalue weighted by Gasteiger charge is 2.10. The number of aromatic nitrogens is 3. The summed E-state index contributed by atoms with van der Waals surface area (Å²) >= 11 is 1.35. The van der Waals surface area contributed by atoms with Crippen LogP contribution in [0.15, 0.2) is 17.6 Å². The van der Waals surface area contributed by atoms with Crippen LogP contribution in [-0.4, -0.2) is 26.7 Å². The number of nitrogens with zero attached hydrogens (tertiary/aromatic N) is 3. The molecule has 2 aromatic rings. The standard InChI is InChI=1S/C13H16N4O2S/c1-8(2)17-6-12(15-16-17)14-13(19)5-10-4-11(9(3)18)20-7-10/h4,6-8H,5H2,1-3H3,(H,14,19). The Morgan fingerprint density at radius 3 is 2.75 bits per heavy atom. The lowest BCUT2D eigenvalue weighted by atomic mass is 10.2. The van der Waals surface area contributed by atoms with Gasteiger partial charge < -0.3 is 5.32 Å². The molecule has 1 amide bonds. The van der Waals surface area contributed by atoms with Gasteiger partial charge in [0, 0.05) is 6.04 Å². The van der Waals surface area contributed by atoms with Crippen LogP contribution in [0.5, 0.6) is 0 Å². The molecule has 2 rings (SSSR count). The number of hydrogen-bond donors (Lipinski definition) is 1. The van der Waals surface area contributed by atoms with Crippen molar-refractivity contribution in [2.24, 2.45) is 0 Å². The van der Waals surface area contributed by atoms with Crippen molar-refractivity contribution < 1.29 is 9.59 Å². The summed E-state index contributed by atoms with van der Waals surface area (Å²) in [6.07, 6.45) is 1.91. The van der Waals surface area contributed by atoms with Crippen LogP contribution in [0.4, 0.5) is 5.82 Å². The molecule has 0 atom stereocenters. The van der Waals surface area contributed by atoms with Crippen molar-refractivity contribution in [2.45, 2.75) is 33.2 Å². The fourth-order valence-corrected chi connectivity index (χ4v) is 2.43. The van der Waals surface area contributed by atoms with E-state index in [0.29, 0.717) is 10.7 Å². The van der Waals surface area contributed by atoms with E-state index < -0.39 is 0 Å². The van der Waals surface area contributed by atoms with Gasteiger partial charge in [0.1, 0.15) is 0 Å². The molecular weight excluding hydrogens is 276 g/mol. The molecule has 6 nitrogen and oxygen atoms in total. The largest absolute Gasteiger partial charge is 0.308 e. The van der Waals surface area contributed by atoms with Crippen LogP contribution >= 0.6 is 11.3 Å². The third-order valence-corrected chi connectivity index (χ3v) is 3.75. The molecule has 0 saturated heterocycles. The smallest absolute Gasteiger partial charge is 0.230 e. The van der Waals surface area contributed by atoms with Gasteiger partial charge in [-0.2, -0.15) is 0 Å². The number of nitrogens with one attached hydrogen (secondary N) is 1. The van der Waals surface area contributed by atoms with Crippen molar-refractivity contribution in [3.8, 4) is 0 Å². The second-order valence-corrected chi connectivity index (χ2v) is 5.69. The highest BCUT2D eigenvalue weighted by atomic mass is 32.1. The van der Waals surface area contributed by atoms with Crippen LogP contribution in [0.2, 0.25) is 0 Å². The summed E-state index contributed by atoms with van der Waals surface area (Å²) in [5.74, 6) is 0.279. The minimum absolute atomic E-state index is 0.0153. The normalized spacial score (nSPS) is 10.8. The Labute approximate surface area is 120 Å². The summed E-state index contributed by atoms with van der Waals surface area (Å²) in [4.78, 5) is 23.7. The van der Waals surface area contributed by atoms with E-state index >= 15 is 0 Å². The quantitative estimate of drug-likeness (QED) is 0.858. The van der Waals surface area contributed by atoms with Gasteiger partial charge in [-0.05, 0) is 37.8 Å². The Morgan fingerprint density at radius 1 is 1.45 bits per heavy atom. The number of amides is 1. The summed E-state index contributed by atoms with van der Waals surface area (Å²) in [6.45, 7) is 5.48. The van der Waals surface area contributed by atoms with E-state index in [1.807, 2.05) is 19.2 Å². The average molecular weight is 292 g/mol. The molecule has 106 valence electrons. The lowest BCUT2D eigenvalue weighted by Crippen LogP contribution is -2.14. The predicted molar refractivity (Wildman–Crippen MR) is 77.1 cm³/mol. The molecule has 1 N–H and O–H groups in total. The van der Waals surface area contributed by atoms with E-state index in [2.05, 4.69) is 15.6 Å². The summed E-state index contributed by atoms with van der Waals surface area (Å²) in [5, 5.41) is 12.3. The third-order valence-electron chi connectivity index (χ3n) is 2.67. The maximum atomic E-state index is 11.9. The monoisotopic (exact) mass is 292 g/mol. The molecular formula is C13H16N4O2S. The zero-order chi connectivity index (χ0) is 14.7. The van der Waals surface area contributed by atoms with Crippen LogP contribution in [0, 0.1) is 0 Å². The van der Waals surface area contributed by atoms with E-state index in [9.17, 15) is 9.59 Å². The summed E-state index contributed by atoms with van der Waals surface area (Å²) in [7, 11) is 0.